The van der Waals surface area contributed by atoms with Crippen molar-refractivity contribution in [1.82, 2.24) is 9.80 Å². The number of amides is 2. The molecule has 0 N–H and O–H groups in total. The molecule has 20 heavy (non-hydrogen) atoms. The molecule has 0 aromatic carbocycles. The first-order valence-electron chi connectivity index (χ1n) is 7.14. The van der Waals surface area contributed by atoms with Gasteiger partial charge in [-0.3, -0.25) is 9.59 Å². The van der Waals surface area contributed by atoms with Crippen LogP contribution in [0.1, 0.15) is 32.1 Å². The van der Waals surface area contributed by atoms with E-state index in [1.165, 1.54) is 6.08 Å². The molecule has 1 aliphatic heterocycles. The zero-order valence-corrected chi connectivity index (χ0v) is 12.0. The predicted octanol–water partition coefficient (Wildman–Crippen LogP) is 1.32. The number of nitriles is 1. The highest BCUT2D eigenvalue weighted by Gasteiger charge is 2.45. The van der Waals surface area contributed by atoms with Crippen LogP contribution in [0.4, 0.5) is 0 Å². The minimum absolute atomic E-state index is 0.0527. The van der Waals surface area contributed by atoms with Crippen molar-refractivity contribution in [2.24, 2.45) is 5.92 Å². The van der Waals surface area contributed by atoms with Crippen LogP contribution >= 0.6 is 0 Å². The van der Waals surface area contributed by atoms with E-state index in [4.69, 9.17) is 0 Å². The standard InChI is InChI=1S/C15H21N3O2/c1-3-13(19)18-9-5-12(6-10-18)14(20)17(2)15(11-16)7-4-8-15/h3,12H,1,4-10H2,2H3. The van der Waals surface area contributed by atoms with Gasteiger partial charge in [0.25, 0.3) is 0 Å². The van der Waals surface area contributed by atoms with Crippen molar-refractivity contribution < 1.29 is 9.59 Å². The molecule has 108 valence electrons. The van der Waals surface area contributed by atoms with Crippen LogP contribution in [0.2, 0.25) is 0 Å². The lowest BCUT2D eigenvalue weighted by Gasteiger charge is -2.45. The van der Waals surface area contributed by atoms with Crippen LogP contribution in [-0.4, -0.2) is 47.3 Å². The highest BCUT2D eigenvalue weighted by Crippen LogP contribution is 2.37. The van der Waals surface area contributed by atoms with E-state index < -0.39 is 5.54 Å². The fourth-order valence-electron chi connectivity index (χ4n) is 2.99. The SMILES string of the molecule is C=CC(=O)N1CCC(C(=O)N(C)C2(C#N)CCC2)CC1. The van der Waals surface area contributed by atoms with Gasteiger partial charge >= 0.3 is 0 Å². The van der Waals surface area contributed by atoms with Gasteiger partial charge in [-0.05, 0) is 38.2 Å². The Kier molecular flexibility index (Phi) is 4.12. The summed E-state index contributed by atoms with van der Waals surface area (Å²) < 4.78 is 0. The molecule has 0 spiro atoms. The molecule has 0 unspecified atom stereocenters. The van der Waals surface area contributed by atoms with E-state index in [1.54, 1.807) is 16.8 Å². The summed E-state index contributed by atoms with van der Waals surface area (Å²) in [6, 6.07) is 2.30. The number of rotatable bonds is 3. The average molecular weight is 275 g/mol. The second-order valence-corrected chi connectivity index (χ2v) is 5.70. The number of hydrogen-bond acceptors (Lipinski definition) is 3. The summed E-state index contributed by atoms with van der Waals surface area (Å²) in [5.74, 6) is -0.0895. The summed E-state index contributed by atoms with van der Waals surface area (Å²) in [7, 11) is 1.74. The van der Waals surface area contributed by atoms with Crippen molar-refractivity contribution >= 4 is 11.8 Å². The molecule has 1 heterocycles. The van der Waals surface area contributed by atoms with Crippen LogP contribution in [0.5, 0.6) is 0 Å². The number of hydrogen-bond donors (Lipinski definition) is 0. The third-order valence-corrected chi connectivity index (χ3v) is 4.69. The molecule has 0 aromatic heterocycles. The van der Waals surface area contributed by atoms with Gasteiger partial charge in [-0.15, -0.1) is 0 Å². The van der Waals surface area contributed by atoms with Crippen LogP contribution in [0.15, 0.2) is 12.7 Å². The molecule has 1 saturated heterocycles. The molecule has 2 rings (SSSR count). The lowest BCUT2D eigenvalue weighted by molar-refractivity contribution is -0.144. The first kappa shape index (κ1) is 14.6. The van der Waals surface area contributed by atoms with Crippen LogP contribution in [0, 0.1) is 17.2 Å². The molecule has 2 aliphatic rings. The number of likely N-dealkylation sites (tertiary alicyclic amines) is 1. The molecule has 2 amide bonds. The Balaban J connectivity index is 1.93. The lowest BCUT2D eigenvalue weighted by Crippen LogP contribution is -2.55. The molecule has 1 aliphatic carbocycles. The monoisotopic (exact) mass is 275 g/mol. The average Bonchev–Trinajstić information content (AvgIpc) is 2.45. The molecule has 0 atom stereocenters. The Morgan fingerprint density at radius 1 is 1.40 bits per heavy atom. The molecule has 0 bridgehead atoms. The maximum absolute atomic E-state index is 12.5. The first-order chi connectivity index (χ1) is 9.54. The summed E-state index contributed by atoms with van der Waals surface area (Å²) in [5.41, 5.74) is -0.578. The van der Waals surface area contributed by atoms with E-state index in [0.717, 1.165) is 19.3 Å². The molecule has 0 aromatic rings. The molecule has 2 fully saturated rings. The molecule has 5 heteroatoms. The topological polar surface area (TPSA) is 64.4 Å². The Hall–Kier alpha value is -1.83. The molecule has 0 radical (unpaired) electrons. The van der Waals surface area contributed by atoms with Crippen molar-refractivity contribution in [2.45, 2.75) is 37.6 Å². The molecular weight excluding hydrogens is 254 g/mol. The largest absolute Gasteiger partial charge is 0.339 e. The zero-order valence-electron chi connectivity index (χ0n) is 12.0. The summed E-state index contributed by atoms with van der Waals surface area (Å²) >= 11 is 0. The fourth-order valence-corrected chi connectivity index (χ4v) is 2.99. The third kappa shape index (κ3) is 2.43. The number of nitrogens with zero attached hydrogens (tertiary/aromatic N) is 3. The minimum Gasteiger partial charge on any atom is -0.339 e. The van der Waals surface area contributed by atoms with Gasteiger partial charge in [0.1, 0.15) is 5.54 Å². The van der Waals surface area contributed by atoms with E-state index in [-0.39, 0.29) is 17.7 Å². The van der Waals surface area contributed by atoms with Gasteiger partial charge in [0.15, 0.2) is 0 Å². The van der Waals surface area contributed by atoms with Crippen molar-refractivity contribution in [3.8, 4) is 6.07 Å². The third-order valence-electron chi connectivity index (χ3n) is 4.69. The highest BCUT2D eigenvalue weighted by atomic mass is 16.2. The van der Waals surface area contributed by atoms with Gasteiger partial charge in [0, 0.05) is 26.1 Å². The number of carbonyl (C=O) groups is 2. The van der Waals surface area contributed by atoms with Crippen molar-refractivity contribution in [1.29, 1.82) is 5.26 Å². The Morgan fingerprint density at radius 2 is 2.00 bits per heavy atom. The van der Waals surface area contributed by atoms with E-state index in [9.17, 15) is 14.9 Å². The molecular formula is C15H21N3O2. The lowest BCUT2D eigenvalue weighted by atomic mass is 9.76. The van der Waals surface area contributed by atoms with Crippen LogP contribution in [-0.2, 0) is 9.59 Å². The maximum atomic E-state index is 12.5. The van der Waals surface area contributed by atoms with Gasteiger partial charge < -0.3 is 9.80 Å². The van der Waals surface area contributed by atoms with E-state index in [2.05, 4.69) is 12.6 Å². The zero-order chi connectivity index (χ0) is 14.8. The van der Waals surface area contributed by atoms with Crippen molar-refractivity contribution in [3.05, 3.63) is 12.7 Å². The highest BCUT2D eigenvalue weighted by molar-refractivity contribution is 5.87. The molecule has 5 nitrogen and oxygen atoms in total. The minimum atomic E-state index is -0.578. The van der Waals surface area contributed by atoms with Gasteiger partial charge in [-0.25, -0.2) is 0 Å². The Labute approximate surface area is 119 Å². The van der Waals surface area contributed by atoms with Gasteiger partial charge in [-0.1, -0.05) is 6.58 Å². The fraction of sp³-hybridized carbons (Fsp3) is 0.667. The quantitative estimate of drug-likeness (QED) is 0.730. The van der Waals surface area contributed by atoms with Crippen LogP contribution < -0.4 is 0 Å². The predicted molar refractivity (Wildman–Crippen MR) is 74.5 cm³/mol. The van der Waals surface area contributed by atoms with E-state index >= 15 is 0 Å². The van der Waals surface area contributed by atoms with Crippen molar-refractivity contribution in [3.63, 3.8) is 0 Å². The van der Waals surface area contributed by atoms with Gasteiger partial charge in [0.05, 0.1) is 6.07 Å². The summed E-state index contributed by atoms with van der Waals surface area (Å²) in [5, 5.41) is 9.29. The summed E-state index contributed by atoms with van der Waals surface area (Å²) in [4.78, 5) is 27.4. The second-order valence-electron chi connectivity index (χ2n) is 5.70. The van der Waals surface area contributed by atoms with Gasteiger partial charge in [0.2, 0.25) is 11.8 Å². The van der Waals surface area contributed by atoms with Crippen LogP contribution in [0.3, 0.4) is 0 Å². The number of carbonyl (C=O) groups excluding carboxylic acids is 2. The summed E-state index contributed by atoms with van der Waals surface area (Å²) in [6.07, 6.45) is 5.22. The normalized spacial score (nSPS) is 21.5. The smallest absolute Gasteiger partial charge is 0.245 e. The van der Waals surface area contributed by atoms with E-state index in [1.807, 2.05) is 0 Å². The first-order valence-corrected chi connectivity index (χ1v) is 7.14. The van der Waals surface area contributed by atoms with Crippen molar-refractivity contribution in [2.75, 3.05) is 20.1 Å². The Bertz CT molecular complexity index is 454. The maximum Gasteiger partial charge on any atom is 0.245 e. The Morgan fingerprint density at radius 3 is 2.40 bits per heavy atom. The van der Waals surface area contributed by atoms with E-state index in [0.29, 0.717) is 25.9 Å². The molecule has 1 saturated carbocycles. The number of piperidine rings is 1. The van der Waals surface area contributed by atoms with Gasteiger partial charge in [-0.2, -0.15) is 5.26 Å². The second kappa shape index (κ2) is 5.66. The van der Waals surface area contributed by atoms with Crippen LogP contribution in [0.25, 0.3) is 0 Å². The summed E-state index contributed by atoms with van der Waals surface area (Å²) in [6.45, 7) is 4.66.